The third kappa shape index (κ3) is 6.15. The second-order valence-electron chi connectivity index (χ2n) is 8.57. The van der Waals surface area contributed by atoms with Crippen LogP contribution in [-0.2, 0) is 14.2 Å². The molecular formula is C22H36N4O4. The maximum Gasteiger partial charge on any atom is 0.407 e. The molecule has 1 amide bonds. The highest BCUT2D eigenvalue weighted by Crippen LogP contribution is 2.32. The molecule has 0 aromatic carbocycles. The van der Waals surface area contributed by atoms with Gasteiger partial charge in [0.2, 0.25) is 0 Å². The number of ether oxygens (including phenoxy) is 3. The summed E-state index contributed by atoms with van der Waals surface area (Å²) in [6.45, 7) is 16.9. The Bertz CT molecular complexity index is 836. The number of aryl methyl sites for hydroxylation is 1. The first-order valence-corrected chi connectivity index (χ1v) is 10.6. The molecule has 30 heavy (non-hydrogen) atoms. The van der Waals surface area contributed by atoms with Gasteiger partial charge in [-0.25, -0.2) is 14.8 Å². The predicted octanol–water partition coefficient (Wildman–Crippen LogP) is 4.53. The molecule has 8 heteroatoms. The van der Waals surface area contributed by atoms with Crippen molar-refractivity contribution >= 4 is 17.1 Å². The van der Waals surface area contributed by atoms with E-state index in [2.05, 4.69) is 33.7 Å². The zero-order chi connectivity index (χ0) is 22.5. The molecule has 0 aliphatic carbocycles. The second kappa shape index (κ2) is 10.2. The van der Waals surface area contributed by atoms with Crippen LogP contribution in [0.3, 0.4) is 0 Å². The number of rotatable bonds is 9. The standard InChI is InChI=1S/C22H36N4O4/c1-9-28-20(29-10-2)17-11-16-12-23-15(5)25-19(16)26(17)18(14(3)4)13-24-21(27)30-22(6,7)8/h11-12,14,18,20H,9-10,13H2,1-8H3,(H,24,27). The Morgan fingerprint density at radius 1 is 1.20 bits per heavy atom. The molecule has 2 aromatic rings. The monoisotopic (exact) mass is 420 g/mol. The van der Waals surface area contributed by atoms with Crippen molar-refractivity contribution in [1.29, 1.82) is 0 Å². The van der Waals surface area contributed by atoms with Crippen molar-refractivity contribution in [1.82, 2.24) is 19.9 Å². The summed E-state index contributed by atoms with van der Waals surface area (Å²) in [6.07, 6.45) is 0.839. The number of carbonyl (C=O) groups excluding carboxylic acids is 1. The number of amides is 1. The fourth-order valence-corrected chi connectivity index (χ4v) is 3.29. The minimum absolute atomic E-state index is 0.0808. The van der Waals surface area contributed by atoms with E-state index in [1.807, 2.05) is 53.8 Å². The van der Waals surface area contributed by atoms with Crippen LogP contribution in [0.1, 0.15) is 72.3 Å². The highest BCUT2D eigenvalue weighted by Gasteiger charge is 2.28. The number of hydrogen-bond donors (Lipinski definition) is 1. The first kappa shape index (κ1) is 24.1. The zero-order valence-corrected chi connectivity index (χ0v) is 19.5. The Hall–Kier alpha value is -2.19. The van der Waals surface area contributed by atoms with Gasteiger partial charge in [0.25, 0.3) is 0 Å². The topological polar surface area (TPSA) is 87.5 Å². The van der Waals surface area contributed by atoms with Gasteiger partial charge in [0.15, 0.2) is 6.29 Å². The van der Waals surface area contributed by atoms with Crippen LogP contribution in [0, 0.1) is 12.8 Å². The molecule has 0 saturated carbocycles. The lowest BCUT2D eigenvalue weighted by molar-refractivity contribution is -0.144. The Labute approximate surface area is 179 Å². The molecule has 1 N–H and O–H groups in total. The average Bonchev–Trinajstić information content (AvgIpc) is 2.98. The Morgan fingerprint density at radius 3 is 2.37 bits per heavy atom. The molecular weight excluding hydrogens is 384 g/mol. The first-order valence-electron chi connectivity index (χ1n) is 10.6. The summed E-state index contributed by atoms with van der Waals surface area (Å²) in [5.74, 6) is 0.883. The van der Waals surface area contributed by atoms with Crippen molar-refractivity contribution in [3.05, 3.63) is 23.8 Å². The molecule has 0 spiro atoms. The summed E-state index contributed by atoms with van der Waals surface area (Å²) in [7, 11) is 0. The summed E-state index contributed by atoms with van der Waals surface area (Å²) in [6, 6.07) is 1.93. The van der Waals surface area contributed by atoms with Crippen LogP contribution in [0.2, 0.25) is 0 Å². The van der Waals surface area contributed by atoms with Crippen LogP contribution >= 0.6 is 0 Å². The van der Waals surface area contributed by atoms with Crippen molar-refractivity contribution in [2.45, 2.75) is 73.3 Å². The summed E-state index contributed by atoms with van der Waals surface area (Å²) in [4.78, 5) is 21.3. The Balaban J connectivity index is 2.48. The largest absolute Gasteiger partial charge is 0.444 e. The highest BCUT2D eigenvalue weighted by atomic mass is 16.7. The first-order chi connectivity index (χ1) is 14.1. The predicted molar refractivity (Wildman–Crippen MR) is 116 cm³/mol. The van der Waals surface area contributed by atoms with Gasteiger partial charge in [0.1, 0.15) is 17.1 Å². The van der Waals surface area contributed by atoms with Crippen molar-refractivity contribution in [3.63, 3.8) is 0 Å². The lowest BCUT2D eigenvalue weighted by atomic mass is 10.0. The van der Waals surface area contributed by atoms with Crippen molar-refractivity contribution in [2.75, 3.05) is 19.8 Å². The van der Waals surface area contributed by atoms with E-state index in [1.54, 1.807) is 0 Å². The van der Waals surface area contributed by atoms with E-state index in [1.165, 1.54) is 0 Å². The van der Waals surface area contributed by atoms with Gasteiger partial charge in [0, 0.05) is 31.3 Å². The minimum atomic E-state index is -0.553. The number of aromatic nitrogens is 3. The van der Waals surface area contributed by atoms with E-state index < -0.39 is 18.0 Å². The lowest BCUT2D eigenvalue weighted by Crippen LogP contribution is -2.37. The molecule has 168 valence electrons. The fourth-order valence-electron chi connectivity index (χ4n) is 3.29. The summed E-state index contributed by atoms with van der Waals surface area (Å²) in [5, 5.41) is 3.82. The third-order valence-corrected chi connectivity index (χ3v) is 4.56. The molecule has 1 unspecified atom stereocenters. The van der Waals surface area contributed by atoms with Gasteiger partial charge in [-0.05, 0) is 53.5 Å². The van der Waals surface area contributed by atoms with Crippen LogP contribution in [0.25, 0.3) is 11.0 Å². The lowest BCUT2D eigenvalue weighted by Gasteiger charge is -2.29. The number of nitrogens with zero attached hydrogens (tertiary/aromatic N) is 3. The molecule has 2 aromatic heterocycles. The molecule has 2 rings (SSSR count). The molecule has 8 nitrogen and oxygen atoms in total. The summed E-state index contributed by atoms with van der Waals surface area (Å²) < 4.78 is 19.3. The molecule has 1 atom stereocenters. The quantitative estimate of drug-likeness (QED) is 0.600. The van der Waals surface area contributed by atoms with Gasteiger partial charge in [-0.15, -0.1) is 0 Å². The maximum absolute atomic E-state index is 12.3. The molecule has 2 heterocycles. The van der Waals surface area contributed by atoms with E-state index in [-0.39, 0.29) is 12.0 Å². The number of carbonyl (C=O) groups is 1. The van der Waals surface area contributed by atoms with E-state index in [9.17, 15) is 4.79 Å². The van der Waals surface area contributed by atoms with E-state index in [0.29, 0.717) is 25.6 Å². The smallest absolute Gasteiger partial charge is 0.407 e. The molecule has 0 saturated heterocycles. The SMILES string of the molecule is CCOC(OCC)c1cc2cnc(C)nc2n1C(CNC(=O)OC(C)(C)C)C(C)C. The number of alkyl carbamates (subject to hydrolysis) is 1. The minimum Gasteiger partial charge on any atom is -0.444 e. The molecule has 0 bridgehead atoms. The molecule has 0 radical (unpaired) electrons. The van der Waals surface area contributed by atoms with Crippen molar-refractivity contribution in [3.8, 4) is 0 Å². The Morgan fingerprint density at radius 2 is 1.83 bits per heavy atom. The molecule has 0 fully saturated rings. The van der Waals surface area contributed by atoms with E-state index >= 15 is 0 Å². The van der Waals surface area contributed by atoms with Crippen LogP contribution in [0.4, 0.5) is 4.79 Å². The van der Waals surface area contributed by atoms with Crippen molar-refractivity contribution in [2.24, 2.45) is 5.92 Å². The number of hydrogen-bond acceptors (Lipinski definition) is 6. The van der Waals surface area contributed by atoms with E-state index in [4.69, 9.17) is 14.2 Å². The maximum atomic E-state index is 12.3. The van der Waals surface area contributed by atoms with Gasteiger partial charge in [-0.1, -0.05) is 13.8 Å². The summed E-state index contributed by atoms with van der Waals surface area (Å²) in [5.41, 5.74) is 1.10. The third-order valence-electron chi connectivity index (χ3n) is 4.56. The van der Waals surface area contributed by atoms with Gasteiger partial charge in [0.05, 0.1) is 11.7 Å². The second-order valence-corrected chi connectivity index (χ2v) is 8.57. The number of nitrogens with one attached hydrogen (secondary N) is 1. The molecule has 0 aliphatic rings. The van der Waals surface area contributed by atoms with Gasteiger partial charge in [-0.2, -0.15) is 0 Å². The number of fused-ring (bicyclic) bond motifs is 1. The summed E-state index contributed by atoms with van der Waals surface area (Å²) >= 11 is 0. The molecule has 0 aliphatic heterocycles. The normalized spacial score (nSPS) is 13.3. The van der Waals surface area contributed by atoms with Gasteiger partial charge < -0.3 is 24.1 Å². The van der Waals surface area contributed by atoms with Crippen molar-refractivity contribution < 1.29 is 19.0 Å². The highest BCUT2D eigenvalue weighted by molar-refractivity contribution is 5.77. The zero-order valence-electron chi connectivity index (χ0n) is 19.5. The Kier molecular flexibility index (Phi) is 8.20. The van der Waals surface area contributed by atoms with Crippen LogP contribution in [-0.4, -0.2) is 46.0 Å². The van der Waals surface area contributed by atoms with Crippen LogP contribution in [0.5, 0.6) is 0 Å². The van der Waals surface area contributed by atoms with Gasteiger partial charge >= 0.3 is 6.09 Å². The fraction of sp³-hybridized carbons (Fsp3) is 0.682. The van der Waals surface area contributed by atoms with Gasteiger partial charge in [-0.3, -0.25) is 0 Å². The van der Waals surface area contributed by atoms with Crippen LogP contribution in [0.15, 0.2) is 12.3 Å². The van der Waals surface area contributed by atoms with E-state index in [0.717, 1.165) is 16.7 Å². The van der Waals surface area contributed by atoms with Crippen LogP contribution < -0.4 is 5.32 Å². The average molecular weight is 421 g/mol.